The molecule has 2 atom stereocenters. The molecule has 2 aliphatic heterocycles. The lowest BCUT2D eigenvalue weighted by Gasteiger charge is -2.37. The summed E-state index contributed by atoms with van der Waals surface area (Å²) in [6.07, 6.45) is 0.745. The predicted octanol–water partition coefficient (Wildman–Crippen LogP) is 11.7. The first-order chi connectivity index (χ1) is 31.5. The summed E-state index contributed by atoms with van der Waals surface area (Å²) >= 11 is 1.73. The fourth-order valence-corrected chi connectivity index (χ4v) is 10.0. The van der Waals surface area contributed by atoms with Crippen molar-refractivity contribution in [2.24, 2.45) is 0 Å². The molecule has 2 unspecified atom stereocenters. The summed E-state index contributed by atoms with van der Waals surface area (Å²) in [5, 5.41) is 11.8. The molecule has 336 valence electrons. The molecule has 6 aromatic rings. The normalized spacial score (nSPS) is 14.1. The Morgan fingerprint density at radius 1 is 0.631 bits per heavy atom. The first-order valence-corrected chi connectivity index (χ1v) is 23.7. The Balaban J connectivity index is 1.01. The molecule has 0 bridgehead atoms. The van der Waals surface area contributed by atoms with E-state index in [9.17, 15) is 9.90 Å². The molecular formula is C55H62N6O3S. The SMILES string of the molecule is CCN(CC)c1ccc(C(=CC2OC(=O)c3cc(N(C)CCN(C)c4ccc5c(c4)Sc4cc(N(C)C)ccc4N5C(O)c4ccccc4)ccc32)c2ccc(N(CC)CC)cc2)cc1. The van der Waals surface area contributed by atoms with Crippen molar-refractivity contribution in [1.82, 2.24) is 0 Å². The summed E-state index contributed by atoms with van der Waals surface area (Å²) in [4.78, 5) is 29.1. The van der Waals surface area contributed by atoms with Gasteiger partial charge in [0, 0.05) is 117 Å². The molecule has 0 aromatic heterocycles. The Hall–Kier alpha value is -6.36. The molecule has 2 heterocycles. The maximum Gasteiger partial charge on any atom is 0.339 e. The molecule has 0 aliphatic carbocycles. The summed E-state index contributed by atoms with van der Waals surface area (Å²) in [5.41, 5.74) is 13.0. The number of ether oxygens (including phenoxy) is 1. The van der Waals surface area contributed by atoms with Crippen molar-refractivity contribution < 1.29 is 14.6 Å². The van der Waals surface area contributed by atoms with Crippen molar-refractivity contribution in [3.8, 4) is 0 Å². The van der Waals surface area contributed by atoms with E-state index in [1.54, 1.807) is 11.8 Å². The Morgan fingerprint density at radius 3 is 1.63 bits per heavy atom. The fourth-order valence-electron chi connectivity index (χ4n) is 8.89. The zero-order valence-electron chi connectivity index (χ0n) is 39.0. The average molecular weight is 887 g/mol. The van der Waals surface area contributed by atoms with Crippen LogP contribution in [0.25, 0.3) is 5.57 Å². The number of anilines is 7. The molecule has 2 aliphatic rings. The van der Waals surface area contributed by atoms with Gasteiger partial charge in [0.25, 0.3) is 0 Å². The van der Waals surface area contributed by atoms with Crippen LogP contribution in [-0.4, -0.2) is 78.5 Å². The number of carbonyl (C=O) groups is 1. The number of hydrogen-bond donors (Lipinski definition) is 1. The molecule has 10 heteroatoms. The van der Waals surface area contributed by atoms with Gasteiger partial charge < -0.3 is 39.2 Å². The van der Waals surface area contributed by atoms with Crippen LogP contribution < -0.4 is 29.4 Å². The van der Waals surface area contributed by atoms with E-state index in [4.69, 9.17) is 4.74 Å². The highest BCUT2D eigenvalue weighted by molar-refractivity contribution is 7.99. The molecule has 0 saturated carbocycles. The highest BCUT2D eigenvalue weighted by Gasteiger charge is 2.32. The zero-order chi connectivity index (χ0) is 45.8. The Bertz CT molecular complexity index is 2570. The minimum absolute atomic E-state index is 0.306. The van der Waals surface area contributed by atoms with Gasteiger partial charge >= 0.3 is 5.97 Å². The van der Waals surface area contributed by atoms with Crippen LogP contribution in [0, 0.1) is 0 Å². The largest absolute Gasteiger partial charge is 0.450 e. The Morgan fingerprint density at radius 2 is 1.11 bits per heavy atom. The molecule has 9 nitrogen and oxygen atoms in total. The minimum Gasteiger partial charge on any atom is -0.450 e. The highest BCUT2D eigenvalue weighted by atomic mass is 32.2. The number of carbonyl (C=O) groups excluding carboxylic acids is 1. The molecular weight excluding hydrogens is 825 g/mol. The highest BCUT2D eigenvalue weighted by Crippen LogP contribution is 2.52. The first kappa shape index (κ1) is 45.2. The van der Waals surface area contributed by atoms with E-state index >= 15 is 0 Å². The number of likely N-dealkylation sites (N-methyl/N-ethyl adjacent to an activating group) is 2. The fraction of sp³-hybridized carbons (Fsp3) is 0.291. The van der Waals surface area contributed by atoms with Gasteiger partial charge in [-0.15, -0.1) is 0 Å². The number of fused-ring (bicyclic) bond motifs is 3. The van der Waals surface area contributed by atoms with E-state index in [-0.39, 0.29) is 5.97 Å². The maximum absolute atomic E-state index is 13.6. The van der Waals surface area contributed by atoms with E-state index in [0.29, 0.717) is 5.56 Å². The van der Waals surface area contributed by atoms with Crippen LogP contribution >= 0.6 is 11.8 Å². The van der Waals surface area contributed by atoms with Crippen molar-refractivity contribution in [2.45, 2.75) is 49.8 Å². The number of nitrogens with zero attached hydrogens (tertiary/aromatic N) is 6. The van der Waals surface area contributed by atoms with E-state index in [2.05, 4.69) is 169 Å². The Labute approximate surface area is 390 Å². The number of esters is 1. The van der Waals surface area contributed by atoms with Crippen LogP contribution in [0.1, 0.15) is 72.6 Å². The van der Waals surface area contributed by atoms with Gasteiger partial charge in [0.1, 0.15) is 6.10 Å². The second-order valence-corrected chi connectivity index (χ2v) is 18.0. The summed E-state index contributed by atoms with van der Waals surface area (Å²) in [7, 11) is 8.27. The number of hydrogen-bond acceptors (Lipinski definition) is 10. The van der Waals surface area contributed by atoms with Gasteiger partial charge in [0.05, 0.1) is 16.9 Å². The third kappa shape index (κ3) is 9.42. The monoisotopic (exact) mass is 886 g/mol. The van der Waals surface area contributed by atoms with Gasteiger partial charge in [-0.05, 0) is 123 Å². The average Bonchev–Trinajstić information content (AvgIpc) is 3.65. The smallest absolute Gasteiger partial charge is 0.339 e. The molecule has 0 radical (unpaired) electrons. The number of aliphatic hydroxyl groups excluding tert-OH is 1. The lowest BCUT2D eigenvalue weighted by molar-refractivity contribution is 0.0468. The van der Waals surface area contributed by atoms with Crippen molar-refractivity contribution in [1.29, 1.82) is 0 Å². The second kappa shape index (κ2) is 19.8. The van der Waals surface area contributed by atoms with E-state index < -0.39 is 12.3 Å². The van der Waals surface area contributed by atoms with Crippen LogP contribution in [0.2, 0.25) is 0 Å². The lowest BCUT2D eigenvalue weighted by atomic mass is 9.93. The van der Waals surface area contributed by atoms with Crippen LogP contribution in [0.15, 0.2) is 149 Å². The number of cyclic esters (lactones) is 1. The zero-order valence-corrected chi connectivity index (χ0v) is 39.8. The molecule has 0 saturated heterocycles. The second-order valence-electron chi connectivity index (χ2n) is 16.9. The molecule has 1 N–H and O–H groups in total. The van der Waals surface area contributed by atoms with Crippen molar-refractivity contribution >= 4 is 63.1 Å². The van der Waals surface area contributed by atoms with Gasteiger partial charge in [0.15, 0.2) is 6.23 Å². The molecule has 0 spiro atoms. The van der Waals surface area contributed by atoms with Crippen molar-refractivity contribution in [3.05, 3.63) is 167 Å². The van der Waals surface area contributed by atoms with E-state index in [1.165, 1.54) is 11.4 Å². The van der Waals surface area contributed by atoms with Gasteiger partial charge in [0.2, 0.25) is 0 Å². The number of rotatable bonds is 17. The van der Waals surface area contributed by atoms with E-state index in [0.717, 1.165) is 105 Å². The van der Waals surface area contributed by atoms with Gasteiger partial charge in [-0.2, -0.15) is 0 Å². The summed E-state index contributed by atoms with van der Waals surface area (Å²) in [6, 6.07) is 46.3. The van der Waals surface area contributed by atoms with Crippen molar-refractivity contribution in [2.75, 3.05) is 96.9 Å². The topological polar surface area (TPSA) is 66.0 Å². The Kier molecular flexibility index (Phi) is 13.8. The quantitative estimate of drug-likeness (QED) is 0.0896. The molecule has 65 heavy (non-hydrogen) atoms. The first-order valence-electron chi connectivity index (χ1n) is 22.9. The maximum atomic E-state index is 13.6. The molecule has 0 fully saturated rings. The summed E-state index contributed by atoms with van der Waals surface area (Å²) < 4.78 is 6.14. The van der Waals surface area contributed by atoms with Crippen LogP contribution in [0.5, 0.6) is 0 Å². The number of benzene rings is 6. The van der Waals surface area contributed by atoms with Gasteiger partial charge in [-0.1, -0.05) is 72.4 Å². The van der Waals surface area contributed by atoms with Gasteiger partial charge in [-0.25, -0.2) is 4.79 Å². The molecule has 8 rings (SSSR count). The summed E-state index contributed by atoms with van der Waals surface area (Å²) in [6.45, 7) is 13.9. The summed E-state index contributed by atoms with van der Waals surface area (Å²) in [5.74, 6) is -0.306. The standard InChI is InChI=1S/C55H62N6O3S/c1-9-59(10-2)41-22-18-38(19-23-41)47(39-20-24-42(25-21-39)60(11-3)12-4)37-51-46-29-26-44(34-48(46)55(63)64-51)57(7)32-33-58(8)45-28-31-50-53(36-45)65-52-35-43(56(5)6)27-30-49(52)61(50)54(62)40-16-14-13-15-17-40/h13-31,34-37,51,54,62H,9-12,32-33H2,1-8H3. The van der Waals surface area contributed by atoms with Crippen LogP contribution in [-0.2, 0) is 4.74 Å². The lowest BCUT2D eigenvalue weighted by Crippen LogP contribution is -2.31. The van der Waals surface area contributed by atoms with Gasteiger partial charge in [-0.3, -0.25) is 0 Å². The molecule has 0 amide bonds. The van der Waals surface area contributed by atoms with Crippen molar-refractivity contribution in [3.63, 3.8) is 0 Å². The minimum atomic E-state index is -0.847. The van der Waals surface area contributed by atoms with Crippen LogP contribution in [0.3, 0.4) is 0 Å². The number of aliphatic hydroxyl groups is 1. The third-order valence-electron chi connectivity index (χ3n) is 12.9. The molecule has 6 aromatic carbocycles. The third-order valence-corrected chi connectivity index (χ3v) is 14.0. The van der Waals surface area contributed by atoms with Crippen LogP contribution in [0.4, 0.5) is 39.8 Å². The predicted molar refractivity (Wildman–Crippen MR) is 273 cm³/mol. The van der Waals surface area contributed by atoms with E-state index in [1.807, 2.05) is 55.4 Å².